The molecular formula is C13H21N3O2S. The van der Waals surface area contributed by atoms with E-state index in [1.165, 1.54) is 4.31 Å². The fourth-order valence-corrected chi connectivity index (χ4v) is 3.35. The molecule has 106 valence electrons. The third kappa shape index (κ3) is 2.48. The number of sulfonamides is 1. The summed E-state index contributed by atoms with van der Waals surface area (Å²) >= 11 is 0. The molecule has 0 bridgehead atoms. The zero-order valence-electron chi connectivity index (χ0n) is 11.6. The highest BCUT2D eigenvalue weighted by molar-refractivity contribution is 7.89. The van der Waals surface area contributed by atoms with Gasteiger partial charge in [0.05, 0.1) is 11.2 Å². The van der Waals surface area contributed by atoms with Gasteiger partial charge >= 0.3 is 0 Å². The van der Waals surface area contributed by atoms with E-state index < -0.39 is 10.0 Å². The van der Waals surface area contributed by atoms with Gasteiger partial charge in [-0.25, -0.2) is 12.7 Å². The molecule has 5 nitrogen and oxygen atoms in total. The molecule has 2 N–H and O–H groups in total. The molecule has 6 heteroatoms. The van der Waals surface area contributed by atoms with Gasteiger partial charge in [-0.3, -0.25) is 0 Å². The Morgan fingerprint density at radius 1 is 1.32 bits per heavy atom. The van der Waals surface area contributed by atoms with Crippen LogP contribution in [0.3, 0.4) is 0 Å². The summed E-state index contributed by atoms with van der Waals surface area (Å²) in [5, 5.41) is 0. The lowest BCUT2D eigenvalue weighted by Gasteiger charge is -2.49. The van der Waals surface area contributed by atoms with Gasteiger partial charge in [0, 0.05) is 27.2 Å². The van der Waals surface area contributed by atoms with E-state index in [1.54, 1.807) is 26.2 Å². The molecular weight excluding hydrogens is 262 g/mol. The number of hydrogen-bond donors (Lipinski definition) is 1. The molecule has 1 aliphatic heterocycles. The van der Waals surface area contributed by atoms with Gasteiger partial charge in [-0.2, -0.15) is 0 Å². The lowest BCUT2D eigenvalue weighted by atomic mass is 9.88. The Hall–Kier alpha value is -1.11. The summed E-state index contributed by atoms with van der Waals surface area (Å²) in [5.74, 6) is 0. The van der Waals surface area contributed by atoms with Crippen molar-refractivity contribution in [1.82, 2.24) is 4.31 Å². The number of hydrogen-bond acceptors (Lipinski definition) is 4. The maximum atomic E-state index is 12.3. The summed E-state index contributed by atoms with van der Waals surface area (Å²) in [7, 11) is -0.336. The van der Waals surface area contributed by atoms with Gasteiger partial charge in [-0.15, -0.1) is 0 Å². The highest BCUT2D eigenvalue weighted by Gasteiger charge is 2.39. The zero-order valence-corrected chi connectivity index (χ0v) is 12.4. The van der Waals surface area contributed by atoms with Crippen LogP contribution in [0, 0.1) is 0 Å². The van der Waals surface area contributed by atoms with Crippen molar-refractivity contribution >= 4 is 15.7 Å². The predicted octanol–water partition coefficient (Wildman–Crippen LogP) is 0.864. The highest BCUT2D eigenvalue weighted by atomic mass is 32.2. The summed E-state index contributed by atoms with van der Waals surface area (Å²) in [6.07, 6.45) is 0.895. The molecule has 0 aliphatic carbocycles. The summed E-state index contributed by atoms with van der Waals surface area (Å²) in [5.41, 5.74) is 6.70. The van der Waals surface area contributed by atoms with Gasteiger partial charge in [0.1, 0.15) is 4.90 Å². The monoisotopic (exact) mass is 283 g/mol. The topological polar surface area (TPSA) is 66.6 Å². The minimum atomic E-state index is -3.42. The molecule has 2 rings (SSSR count). The van der Waals surface area contributed by atoms with Crippen molar-refractivity contribution in [3.05, 3.63) is 24.3 Å². The van der Waals surface area contributed by atoms with E-state index in [2.05, 4.69) is 6.92 Å². The van der Waals surface area contributed by atoms with Crippen LogP contribution in [0.25, 0.3) is 0 Å². The van der Waals surface area contributed by atoms with Gasteiger partial charge < -0.3 is 10.6 Å². The van der Waals surface area contributed by atoms with Crippen molar-refractivity contribution < 1.29 is 8.42 Å². The third-order valence-corrected chi connectivity index (χ3v) is 5.54. The van der Waals surface area contributed by atoms with Crippen molar-refractivity contribution in [3.8, 4) is 0 Å². The van der Waals surface area contributed by atoms with Gasteiger partial charge in [0.2, 0.25) is 10.0 Å². The first-order valence-corrected chi connectivity index (χ1v) is 7.79. The number of benzene rings is 1. The quantitative estimate of drug-likeness (QED) is 0.890. The van der Waals surface area contributed by atoms with E-state index in [-0.39, 0.29) is 5.54 Å². The third-order valence-electron chi connectivity index (χ3n) is 3.68. The molecule has 1 heterocycles. The maximum Gasteiger partial charge on any atom is 0.244 e. The van der Waals surface area contributed by atoms with Crippen LogP contribution in [0.15, 0.2) is 29.2 Å². The lowest BCUT2D eigenvalue weighted by Crippen LogP contribution is -2.67. The average Bonchev–Trinajstić information content (AvgIpc) is 2.34. The molecule has 0 radical (unpaired) electrons. The van der Waals surface area contributed by atoms with Crippen LogP contribution in [0.5, 0.6) is 0 Å². The van der Waals surface area contributed by atoms with Crippen molar-refractivity contribution in [2.75, 3.05) is 32.1 Å². The lowest BCUT2D eigenvalue weighted by molar-refractivity contribution is 0.320. The van der Waals surface area contributed by atoms with Crippen LogP contribution in [-0.2, 0) is 10.0 Å². The Balaban J connectivity index is 2.35. The van der Waals surface area contributed by atoms with Crippen LogP contribution in [0.2, 0.25) is 0 Å². The van der Waals surface area contributed by atoms with Crippen LogP contribution >= 0.6 is 0 Å². The van der Waals surface area contributed by atoms with Crippen LogP contribution in [0.4, 0.5) is 5.69 Å². The molecule has 1 aromatic carbocycles. The van der Waals surface area contributed by atoms with Crippen molar-refractivity contribution in [1.29, 1.82) is 0 Å². The van der Waals surface area contributed by atoms with E-state index in [1.807, 2.05) is 17.0 Å². The fourth-order valence-electron chi connectivity index (χ4n) is 2.24. The Morgan fingerprint density at radius 2 is 1.89 bits per heavy atom. The molecule has 1 fully saturated rings. The average molecular weight is 283 g/mol. The van der Waals surface area contributed by atoms with Gasteiger partial charge in [0.25, 0.3) is 0 Å². The first-order valence-electron chi connectivity index (χ1n) is 6.35. The molecule has 0 spiro atoms. The highest BCUT2D eigenvalue weighted by Crippen LogP contribution is 2.33. The Morgan fingerprint density at radius 3 is 2.42 bits per heavy atom. The number of rotatable bonds is 4. The van der Waals surface area contributed by atoms with Crippen molar-refractivity contribution in [3.63, 3.8) is 0 Å². The molecule has 0 amide bonds. The predicted molar refractivity (Wildman–Crippen MR) is 76.7 cm³/mol. The molecule has 0 atom stereocenters. The van der Waals surface area contributed by atoms with Gasteiger partial charge in [0.15, 0.2) is 0 Å². The van der Waals surface area contributed by atoms with E-state index in [4.69, 9.17) is 5.73 Å². The van der Waals surface area contributed by atoms with Gasteiger partial charge in [-0.1, -0.05) is 19.1 Å². The van der Waals surface area contributed by atoms with Crippen LogP contribution < -0.4 is 10.6 Å². The number of nitrogens with two attached hydrogens (primary N) is 1. The summed E-state index contributed by atoms with van der Waals surface area (Å²) in [4.78, 5) is 2.37. The molecule has 1 saturated heterocycles. The largest absolute Gasteiger partial charge is 0.367 e. The van der Waals surface area contributed by atoms with Crippen LogP contribution in [0.1, 0.15) is 13.3 Å². The van der Waals surface area contributed by atoms with Crippen LogP contribution in [-0.4, -0.2) is 45.4 Å². The first kappa shape index (κ1) is 14.3. The maximum absolute atomic E-state index is 12.3. The zero-order chi connectivity index (χ0) is 14.3. The molecule has 0 aromatic heterocycles. The number of nitrogens with zero attached hydrogens (tertiary/aromatic N) is 2. The minimum Gasteiger partial charge on any atom is -0.367 e. The summed E-state index contributed by atoms with van der Waals surface area (Å²) < 4.78 is 25.8. The standard InChI is InChI=1S/C13H21N3O2S/c1-4-13(14)9-16(10-13)11-7-5-6-8-12(11)19(17,18)15(2)3/h5-8H,4,9-10,14H2,1-3H3. The summed E-state index contributed by atoms with van der Waals surface area (Å²) in [6, 6.07) is 7.08. The smallest absolute Gasteiger partial charge is 0.244 e. The molecule has 0 saturated carbocycles. The first-order chi connectivity index (χ1) is 8.80. The molecule has 19 heavy (non-hydrogen) atoms. The van der Waals surface area contributed by atoms with Crippen molar-refractivity contribution in [2.45, 2.75) is 23.8 Å². The van der Waals surface area contributed by atoms with E-state index in [0.29, 0.717) is 18.0 Å². The van der Waals surface area contributed by atoms with Crippen molar-refractivity contribution in [2.24, 2.45) is 5.73 Å². The fraction of sp³-hybridized carbons (Fsp3) is 0.538. The van der Waals surface area contributed by atoms with Gasteiger partial charge in [-0.05, 0) is 18.6 Å². The second-order valence-corrected chi connectivity index (χ2v) is 7.45. The molecule has 1 aromatic rings. The summed E-state index contributed by atoms with van der Waals surface area (Å²) in [6.45, 7) is 3.45. The number of anilines is 1. The SMILES string of the molecule is CCC1(N)CN(c2ccccc2S(=O)(=O)N(C)C)C1. The Bertz CT molecular complexity index is 563. The van der Waals surface area contributed by atoms with E-state index >= 15 is 0 Å². The van der Waals surface area contributed by atoms with E-state index in [9.17, 15) is 8.42 Å². The Labute approximate surface area is 115 Å². The molecule has 0 unspecified atom stereocenters. The minimum absolute atomic E-state index is 0.186. The normalized spacial score (nSPS) is 18.5. The number of para-hydroxylation sites is 1. The Kier molecular flexibility index (Phi) is 3.59. The second-order valence-electron chi connectivity index (χ2n) is 5.33. The second kappa shape index (κ2) is 4.77. The molecule has 1 aliphatic rings. The van der Waals surface area contributed by atoms with E-state index in [0.717, 1.165) is 12.1 Å².